The molecular formula is C20H19BrF5N3O3S3. The highest BCUT2D eigenvalue weighted by atomic mass is 79.9. The van der Waals surface area contributed by atoms with Gasteiger partial charge in [0, 0.05) is 22.3 Å². The van der Waals surface area contributed by atoms with Crippen molar-refractivity contribution in [3.05, 3.63) is 50.9 Å². The highest BCUT2D eigenvalue weighted by Crippen LogP contribution is 2.41. The Morgan fingerprint density at radius 1 is 1.14 bits per heavy atom. The first-order chi connectivity index (χ1) is 16.2. The van der Waals surface area contributed by atoms with Crippen LogP contribution in [0.25, 0.3) is 5.69 Å². The summed E-state index contributed by atoms with van der Waals surface area (Å²) in [6, 6.07) is 6.01. The Morgan fingerprint density at radius 2 is 1.77 bits per heavy atom. The van der Waals surface area contributed by atoms with Gasteiger partial charge in [-0.2, -0.15) is 26.9 Å². The van der Waals surface area contributed by atoms with E-state index in [2.05, 4.69) is 25.6 Å². The summed E-state index contributed by atoms with van der Waals surface area (Å²) in [5.41, 5.74) is 0.728. The average molecular weight is 620 g/mol. The van der Waals surface area contributed by atoms with Gasteiger partial charge in [0.2, 0.25) is 0 Å². The molecule has 0 fully saturated rings. The number of sulfonamides is 1. The third kappa shape index (κ3) is 6.00. The number of nitrogens with zero attached hydrogens (tertiary/aromatic N) is 2. The second-order valence-electron chi connectivity index (χ2n) is 7.50. The van der Waals surface area contributed by atoms with Crippen LogP contribution < -0.4 is 10.4 Å². The molecule has 0 saturated carbocycles. The van der Waals surface area contributed by atoms with Gasteiger partial charge in [0.05, 0.1) is 9.10 Å². The lowest BCUT2D eigenvalue weighted by Crippen LogP contribution is -2.36. The van der Waals surface area contributed by atoms with Gasteiger partial charge in [0.25, 0.3) is 10.0 Å². The van der Waals surface area contributed by atoms with Gasteiger partial charge in [0.1, 0.15) is 5.69 Å². The Kier molecular flexibility index (Phi) is 8.24. The molecule has 0 unspecified atom stereocenters. The molecule has 1 aromatic rings. The number of alkyl halides is 6. The fourth-order valence-corrected chi connectivity index (χ4v) is 6.88. The van der Waals surface area contributed by atoms with Crippen molar-refractivity contribution in [1.29, 1.82) is 0 Å². The zero-order chi connectivity index (χ0) is 26.2. The van der Waals surface area contributed by atoms with Gasteiger partial charge >= 0.3 is 17.8 Å². The summed E-state index contributed by atoms with van der Waals surface area (Å²) in [5, 5.41) is 0.529. The summed E-state index contributed by atoms with van der Waals surface area (Å²) in [6.07, 6.45) is -7.47. The molecule has 2 aliphatic heterocycles. The van der Waals surface area contributed by atoms with Crippen molar-refractivity contribution in [1.82, 2.24) is 9.55 Å². The van der Waals surface area contributed by atoms with Crippen molar-refractivity contribution in [2.75, 3.05) is 10.5 Å². The van der Waals surface area contributed by atoms with E-state index in [1.54, 1.807) is 26.0 Å². The average Bonchev–Trinajstić information content (AvgIpc) is 3.09. The lowest BCUT2D eigenvalue weighted by molar-refractivity contribution is -0.284. The molecule has 1 N–H and O–H groups in total. The number of aromatic nitrogens is 2. The van der Waals surface area contributed by atoms with Crippen LogP contribution in [0.4, 0.5) is 27.8 Å². The fourth-order valence-electron chi connectivity index (χ4n) is 3.03. The van der Waals surface area contributed by atoms with Crippen LogP contribution in [0.1, 0.15) is 29.0 Å². The maximum absolute atomic E-state index is 13.2. The molecule has 0 atom stereocenters. The minimum Gasteiger partial charge on any atom is -0.261 e. The number of aryl methyl sites for hydroxylation is 1. The maximum atomic E-state index is 13.2. The molecule has 35 heavy (non-hydrogen) atoms. The number of fused-ring (bicyclic) bond motifs is 1. The summed E-state index contributed by atoms with van der Waals surface area (Å²) in [6.45, 7) is 3.34. The summed E-state index contributed by atoms with van der Waals surface area (Å²) in [5.74, 6) is -5.17. The van der Waals surface area contributed by atoms with Crippen LogP contribution in [-0.2, 0) is 15.4 Å². The van der Waals surface area contributed by atoms with E-state index in [0.717, 1.165) is 28.7 Å². The monoisotopic (exact) mass is 619 g/mol. The molecule has 2 aliphatic rings. The Morgan fingerprint density at radius 3 is 2.34 bits per heavy atom. The fraction of sp³-hybridized carbons (Fsp3) is 0.400. The smallest absolute Gasteiger partial charge is 0.261 e. The minimum atomic E-state index is -5.63. The predicted octanol–water partition coefficient (Wildman–Crippen LogP) is 6.11. The van der Waals surface area contributed by atoms with Gasteiger partial charge in [0.15, 0.2) is 5.82 Å². The van der Waals surface area contributed by atoms with E-state index in [1.807, 2.05) is 0 Å². The van der Waals surface area contributed by atoms with Gasteiger partial charge in [-0.25, -0.2) is 13.2 Å². The molecule has 192 valence electrons. The SMILES string of the molecule is Cc1sc(SCCCC(F)(F)C(F)(F)F)c2c(NS(=O)(=O)c3ccc(CBr)cc3)nc(=O)n-2c1C. The normalized spacial score (nSPS) is 12.9. The highest BCUT2D eigenvalue weighted by molar-refractivity contribution is 9.08. The Hall–Kier alpha value is -1.71. The van der Waals surface area contributed by atoms with Crippen LogP contribution in [0.2, 0.25) is 0 Å². The van der Waals surface area contributed by atoms with Crippen molar-refractivity contribution < 1.29 is 30.4 Å². The number of benzene rings is 1. The Labute approximate surface area is 214 Å². The van der Waals surface area contributed by atoms with Crippen LogP contribution >= 0.6 is 39.0 Å². The number of rotatable bonds is 9. The van der Waals surface area contributed by atoms with Gasteiger partial charge < -0.3 is 0 Å². The molecule has 1 aromatic carbocycles. The van der Waals surface area contributed by atoms with Gasteiger partial charge in [-0.15, -0.1) is 23.1 Å². The van der Waals surface area contributed by atoms with Gasteiger partial charge in [-0.1, -0.05) is 28.1 Å². The Balaban J connectivity index is 1.92. The second kappa shape index (κ2) is 10.3. The molecule has 0 amide bonds. The number of thioether (sulfide) groups is 1. The third-order valence-corrected chi connectivity index (χ3v) is 9.57. The van der Waals surface area contributed by atoms with Crippen molar-refractivity contribution >= 4 is 54.9 Å². The number of imidazole rings is 1. The number of halogens is 6. The summed E-state index contributed by atoms with van der Waals surface area (Å²) in [4.78, 5) is 17.0. The largest absolute Gasteiger partial charge is 0.453 e. The summed E-state index contributed by atoms with van der Waals surface area (Å²) >= 11 is 5.39. The van der Waals surface area contributed by atoms with E-state index in [4.69, 9.17) is 0 Å². The van der Waals surface area contributed by atoms with Gasteiger partial charge in [-0.3, -0.25) is 9.29 Å². The number of hydrogen-bond acceptors (Lipinski definition) is 6. The molecule has 0 spiro atoms. The topological polar surface area (TPSA) is 81.1 Å². The van der Waals surface area contributed by atoms with Crippen molar-refractivity contribution in [2.24, 2.45) is 0 Å². The Bertz CT molecular complexity index is 1340. The molecule has 0 bridgehead atoms. The third-order valence-electron chi connectivity index (χ3n) is 5.03. The quantitative estimate of drug-likeness (QED) is 0.135. The van der Waals surface area contributed by atoms with Crippen molar-refractivity contribution in [2.45, 2.75) is 53.2 Å². The lowest BCUT2D eigenvalue weighted by atomic mass is 10.2. The standard InChI is InChI=1S/C20H19BrF5N3O3S3/c1-11-12(2)34-17(33-9-3-8-19(22,23)20(24,25)26)15-16(27-18(30)29(11)15)28-35(31,32)14-6-4-13(10-21)5-7-14/h4-7H,3,8-10H2,1-2H3,(H,27,28,30). The van der Waals surface area contributed by atoms with Crippen molar-refractivity contribution in [3.8, 4) is 5.69 Å². The van der Waals surface area contributed by atoms with E-state index < -0.39 is 40.7 Å². The first kappa shape index (κ1) is 27.9. The molecule has 0 radical (unpaired) electrons. The van der Waals surface area contributed by atoms with Crippen LogP contribution in [0.3, 0.4) is 0 Å². The molecule has 0 saturated heterocycles. The zero-order valence-electron chi connectivity index (χ0n) is 18.2. The first-order valence-corrected chi connectivity index (χ1v) is 14.4. The maximum Gasteiger partial charge on any atom is 0.453 e. The number of anilines is 1. The molecular weight excluding hydrogens is 601 g/mol. The van der Waals surface area contributed by atoms with Crippen LogP contribution in [0, 0.1) is 13.8 Å². The predicted molar refractivity (Wildman–Crippen MR) is 129 cm³/mol. The van der Waals surface area contributed by atoms with E-state index >= 15 is 0 Å². The lowest BCUT2D eigenvalue weighted by Gasteiger charge is -2.19. The highest BCUT2D eigenvalue weighted by Gasteiger charge is 2.56. The van der Waals surface area contributed by atoms with Crippen LogP contribution in [-0.4, -0.2) is 35.8 Å². The van der Waals surface area contributed by atoms with E-state index in [-0.39, 0.29) is 22.2 Å². The molecule has 3 rings (SSSR count). The van der Waals surface area contributed by atoms with Crippen molar-refractivity contribution in [3.63, 3.8) is 0 Å². The molecule has 0 aromatic heterocycles. The van der Waals surface area contributed by atoms with Crippen LogP contribution in [0.15, 0.2) is 38.2 Å². The summed E-state index contributed by atoms with van der Waals surface area (Å²) in [7, 11) is -4.13. The van der Waals surface area contributed by atoms with Crippen LogP contribution in [0.5, 0.6) is 0 Å². The van der Waals surface area contributed by atoms with E-state index in [9.17, 15) is 35.2 Å². The second-order valence-corrected chi connectivity index (χ2v) is 12.3. The first-order valence-electron chi connectivity index (χ1n) is 9.96. The van der Waals surface area contributed by atoms with E-state index in [1.165, 1.54) is 16.7 Å². The van der Waals surface area contributed by atoms with Gasteiger partial charge in [-0.05, 0) is 43.7 Å². The number of hydrogen-bond donors (Lipinski definition) is 1. The van der Waals surface area contributed by atoms with E-state index in [0.29, 0.717) is 20.1 Å². The zero-order valence-corrected chi connectivity index (χ0v) is 22.3. The molecule has 6 nitrogen and oxygen atoms in total. The minimum absolute atomic E-state index is 0.0631. The number of nitrogens with one attached hydrogen (secondary N) is 1. The molecule has 2 heterocycles. The molecule has 15 heteroatoms. The molecule has 0 aliphatic carbocycles. The summed E-state index contributed by atoms with van der Waals surface area (Å²) < 4.78 is 93.4.